The normalized spacial score (nSPS) is 10.6. The van der Waals surface area contributed by atoms with Crippen LogP contribution in [0.4, 0.5) is 0 Å². The Morgan fingerprint density at radius 2 is 1.80 bits per heavy atom. The second-order valence-electron chi connectivity index (χ2n) is 3.96. The topological polar surface area (TPSA) is 102 Å². The van der Waals surface area contributed by atoms with E-state index in [0.29, 0.717) is 5.56 Å². The van der Waals surface area contributed by atoms with Gasteiger partial charge in [-0.25, -0.2) is 5.43 Å². The molecular formula is C14H12N2O4. The van der Waals surface area contributed by atoms with Crippen molar-refractivity contribution in [3.63, 3.8) is 0 Å². The van der Waals surface area contributed by atoms with E-state index in [4.69, 9.17) is 5.11 Å². The van der Waals surface area contributed by atoms with Crippen molar-refractivity contribution in [1.29, 1.82) is 0 Å². The van der Waals surface area contributed by atoms with Gasteiger partial charge in [-0.1, -0.05) is 12.1 Å². The first-order chi connectivity index (χ1) is 9.58. The highest BCUT2D eigenvalue weighted by Gasteiger charge is 2.08. The predicted molar refractivity (Wildman–Crippen MR) is 72.9 cm³/mol. The Morgan fingerprint density at radius 1 is 1.05 bits per heavy atom. The standard InChI is InChI=1S/C14H12N2O4/c17-10-6-5-9(13(19)7-10)8-15-16-14(20)11-3-1-2-4-12(11)18/h1-8,17-19H,(H,16,20)/b15-8-. The highest BCUT2D eigenvalue weighted by atomic mass is 16.3. The predicted octanol–water partition coefficient (Wildman–Crippen LogP) is 1.57. The molecule has 4 N–H and O–H groups in total. The van der Waals surface area contributed by atoms with Crippen LogP contribution in [-0.2, 0) is 0 Å². The van der Waals surface area contributed by atoms with Crippen LogP contribution in [0.1, 0.15) is 15.9 Å². The molecule has 102 valence electrons. The summed E-state index contributed by atoms with van der Waals surface area (Å²) < 4.78 is 0. The van der Waals surface area contributed by atoms with Crippen molar-refractivity contribution in [1.82, 2.24) is 5.43 Å². The lowest BCUT2D eigenvalue weighted by Crippen LogP contribution is -2.17. The van der Waals surface area contributed by atoms with E-state index in [9.17, 15) is 15.0 Å². The number of amides is 1. The first kappa shape index (κ1) is 13.4. The zero-order valence-corrected chi connectivity index (χ0v) is 10.3. The molecule has 0 atom stereocenters. The van der Waals surface area contributed by atoms with Crippen molar-refractivity contribution >= 4 is 12.1 Å². The molecule has 2 rings (SSSR count). The van der Waals surface area contributed by atoms with E-state index < -0.39 is 5.91 Å². The number of hydrogen-bond acceptors (Lipinski definition) is 5. The number of benzene rings is 2. The van der Waals surface area contributed by atoms with Gasteiger partial charge in [0.2, 0.25) is 0 Å². The molecule has 0 spiro atoms. The molecule has 6 heteroatoms. The summed E-state index contributed by atoms with van der Waals surface area (Å²) in [5.41, 5.74) is 2.66. The lowest BCUT2D eigenvalue weighted by molar-refractivity contribution is 0.0952. The molecule has 0 aliphatic rings. The van der Waals surface area contributed by atoms with Gasteiger partial charge in [-0.3, -0.25) is 4.79 Å². The highest BCUT2D eigenvalue weighted by molar-refractivity contribution is 5.97. The lowest BCUT2D eigenvalue weighted by atomic mass is 10.2. The fourth-order valence-corrected chi connectivity index (χ4v) is 1.53. The van der Waals surface area contributed by atoms with Crippen LogP contribution in [-0.4, -0.2) is 27.4 Å². The van der Waals surface area contributed by atoms with E-state index in [1.54, 1.807) is 12.1 Å². The van der Waals surface area contributed by atoms with Crippen molar-refractivity contribution < 1.29 is 20.1 Å². The Hall–Kier alpha value is -3.02. The van der Waals surface area contributed by atoms with Crippen LogP contribution in [0.5, 0.6) is 17.2 Å². The number of phenols is 3. The molecule has 0 radical (unpaired) electrons. The second kappa shape index (κ2) is 5.75. The SMILES string of the molecule is O=C(N/N=C\c1ccc(O)cc1O)c1ccccc1O. The summed E-state index contributed by atoms with van der Waals surface area (Å²) in [6.07, 6.45) is 1.23. The van der Waals surface area contributed by atoms with Crippen molar-refractivity contribution in [3.8, 4) is 17.2 Å². The van der Waals surface area contributed by atoms with Gasteiger partial charge in [0.25, 0.3) is 5.91 Å². The van der Waals surface area contributed by atoms with E-state index in [1.165, 1.54) is 30.5 Å². The quantitative estimate of drug-likeness (QED) is 0.503. The molecule has 2 aromatic carbocycles. The second-order valence-corrected chi connectivity index (χ2v) is 3.96. The molecule has 0 saturated heterocycles. The van der Waals surface area contributed by atoms with Crippen molar-refractivity contribution in [2.75, 3.05) is 0 Å². The highest BCUT2D eigenvalue weighted by Crippen LogP contribution is 2.20. The van der Waals surface area contributed by atoms with E-state index in [1.807, 2.05) is 0 Å². The van der Waals surface area contributed by atoms with Gasteiger partial charge in [0, 0.05) is 11.6 Å². The first-order valence-corrected chi connectivity index (χ1v) is 5.71. The molecular weight excluding hydrogens is 260 g/mol. The number of nitrogens with zero attached hydrogens (tertiary/aromatic N) is 1. The van der Waals surface area contributed by atoms with Gasteiger partial charge in [0.15, 0.2) is 0 Å². The molecule has 0 saturated carbocycles. The summed E-state index contributed by atoms with van der Waals surface area (Å²) >= 11 is 0. The number of aromatic hydroxyl groups is 3. The minimum Gasteiger partial charge on any atom is -0.508 e. The number of para-hydroxylation sites is 1. The zero-order valence-electron chi connectivity index (χ0n) is 10.3. The first-order valence-electron chi connectivity index (χ1n) is 5.71. The van der Waals surface area contributed by atoms with Crippen LogP contribution in [0, 0.1) is 0 Å². The average Bonchev–Trinajstić information content (AvgIpc) is 2.41. The number of hydrazone groups is 1. The summed E-state index contributed by atoms with van der Waals surface area (Å²) in [6.45, 7) is 0. The van der Waals surface area contributed by atoms with E-state index in [2.05, 4.69) is 10.5 Å². The Kier molecular flexibility index (Phi) is 3.85. The molecule has 0 aromatic heterocycles. The third kappa shape index (κ3) is 3.05. The van der Waals surface area contributed by atoms with Crippen LogP contribution in [0.3, 0.4) is 0 Å². The van der Waals surface area contributed by atoms with Crippen molar-refractivity contribution in [3.05, 3.63) is 53.6 Å². The molecule has 2 aromatic rings. The summed E-state index contributed by atoms with van der Waals surface area (Å²) in [5.74, 6) is -0.950. The number of carbonyl (C=O) groups excluding carboxylic acids is 1. The summed E-state index contributed by atoms with van der Waals surface area (Å²) in [5, 5.41) is 31.8. The van der Waals surface area contributed by atoms with Crippen molar-refractivity contribution in [2.24, 2.45) is 5.10 Å². The molecule has 0 aliphatic carbocycles. The zero-order chi connectivity index (χ0) is 14.5. The Bertz CT molecular complexity index is 668. The van der Waals surface area contributed by atoms with Crippen molar-refractivity contribution in [2.45, 2.75) is 0 Å². The van der Waals surface area contributed by atoms with Gasteiger partial charge in [0.1, 0.15) is 17.2 Å². The van der Waals surface area contributed by atoms with Crippen LogP contribution >= 0.6 is 0 Å². The van der Waals surface area contributed by atoms with Gasteiger partial charge < -0.3 is 15.3 Å². The molecule has 6 nitrogen and oxygen atoms in total. The van der Waals surface area contributed by atoms with Crippen LogP contribution in [0.25, 0.3) is 0 Å². The molecule has 20 heavy (non-hydrogen) atoms. The third-order valence-electron chi connectivity index (χ3n) is 2.53. The number of hydrogen-bond donors (Lipinski definition) is 4. The summed E-state index contributed by atoms with van der Waals surface area (Å²) in [4.78, 5) is 11.7. The Labute approximate surface area is 114 Å². The van der Waals surface area contributed by atoms with Gasteiger partial charge >= 0.3 is 0 Å². The maximum absolute atomic E-state index is 11.7. The minimum atomic E-state index is -0.572. The average molecular weight is 272 g/mol. The fraction of sp³-hybridized carbons (Fsp3) is 0. The lowest BCUT2D eigenvalue weighted by Gasteiger charge is -2.02. The van der Waals surface area contributed by atoms with Gasteiger partial charge in [-0.05, 0) is 24.3 Å². The molecule has 0 fully saturated rings. The van der Waals surface area contributed by atoms with Gasteiger partial charge in [-0.15, -0.1) is 0 Å². The van der Waals surface area contributed by atoms with Crippen LogP contribution < -0.4 is 5.43 Å². The minimum absolute atomic E-state index is 0.0714. The van der Waals surface area contributed by atoms with E-state index in [-0.39, 0.29) is 22.8 Å². The Morgan fingerprint density at radius 3 is 2.50 bits per heavy atom. The maximum atomic E-state index is 11.7. The number of rotatable bonds is 3. The summed E-state index contributed by atoms with van der Waals surface area (Å²) in [7, 11) is 0. The van der Waals surface area contributed by atoms with Crippen LogP contribution in [0.2, 0.25) is 0 Å². The van der Waals surface area contributed by atoms with Gasteiger partial charge in [0.05, 0.1) is 11.8 Å². The number of phenolic OH excluding ortho intramolecular Hbond substituents is 3. The molecule has 0 unspecified atom stereocenters. The Balaban J connectivity index is 2.07. The van der Waals surface area contributed by atoms with Crippen LogP contribution in [0.15, 0.2) is 47.6 Å². The maximum Gasteiger partial charge on any atom is 0.275 e. The molecule has 0 bridgehead atoms. The largest absolute Gasteiger partial charge is 0.508 e. The molecule has 1 amide bonds. The van der Waals surface area contributed by atoms with E-state index in [0.717, 1.165) is 6.07 Å². The van der Waals surface area contributed by atoms with Gasteiger partial charge in [-0.2, -0.15) is 5.10 Å². The monoisotopic (exact) mass is 272 g/mol. The fourth-order valence-electron chi connectivity index (χ4n) is 1.53. The molecule has 0 heterocycles. The summed E-state index contributed by atoms with van der Waals surface area (Å²) in [6, 6.07) is 10.1. The smallest absolute Gasteiger partial charge is 0.275 e. The van der Waals surface area contributed by atoms with E-state index >= 15 is 0 Å². The number of nitrogens with one attached hydrogen (secondary N) is 1. The molecule has 0 aliphatic heterocycles. The third-order valence-corrected chi connectivity index (χ3v) is 2.53. The number of carbonyl (C=O) groups is 1.